The van der Waals surface area contributed by atoms with Crippen molar-refractivity contribution < 1.29 is 9.59 Å². The molecule has 0 aliphatic carbocycles. The molecule has 0 aromatic heterocycles. The van der Waals surface area contributed by atoms with Crippen LogP contribution < -0.4 is 0 Å². The van der Waals surface area contributed by atoms with Gasteiger partial charge in [0, 0.05) is 18.2 Å². The van der Waals surface area contributed by atoms with Crippen molar-refractivity contribution in [1.29, 1.82) is 0 Å². The van der Waals surface area contributed by atoms with Crippen molar-refractivity contribution in [2.24, 2.45) is 5.92 Å². The summed E-state index contributed by atoms with van der Waals surface area (Å²) in [6.45, 7) is 6.06. The van der Waals surface area contributed by atoms with Gasteiger partial charge in [-0.2, -0.15) is 0 Å². The van der Waals surface area contributed by atoms with Gasteiger partial charge in [0.05, 0.1) is 0 Å². The molecule has 0 radical (unpaired) electrons. The molecule has 3 nitrogen and oxygen atoms in total. The molecule has 72 valence electrons. The molecule has 2 amide bonds. The Labute approximate surface area is 78.4 Å². The van der Waals surface area contributed by atoms with Gasteiger partial charge in [-0.05, 0) is 19.3 Å². The summed E-state index contributed by atoms with van der Waals surface area (Å²) in [7, 11) is 0. The molecule has 1 unspecified atom stereocenters. The van der Waals surface area contributed by atoms with Gasteiger partial charge in [0.15, 0.2) is 0 Å². The molecule has 13 heavy (non-hydrogen) atoms. The third-order valence-corrected chi connectivity index (χ3v) is 2.10. The van der Waals surface area contributed by atoms with Gasteiger partial charge in [-0.3, -0.25) is 14.5 Å². The summed E-state index contributed by atoms with van der Waals surface area (Å²) in [6, 6.07) is 0.00926. The smallest absolute Gasteiger partial charge is 0.253 e. The predicted octanol–water partition coefficient (Wildman–Crippen LogP) is 1.35. The lowest BCUT2D eigenvalue weighted by Crippen LogP contribution is -2.38. The highest BCUT2D eigenvalue weighted by Gasteiger charge is 2.28. The Bertz CT molecular complexity index is 238. The van der Waals surface area contributed by atoms with Gasteiger partial charge in [0.25, 0.3) is 11.8 Å². The van der Waals surface area contributed by atoms with Crippen LogP contribution in [0.25, 0.3) is 0 Å². The zero-order chi connectivity index (χ0) is 10.0. The first-order chi connectivity index (χ1) is 6.02. The van der Waals surface area contributed by atoms with Crippen LogP contribution in [0.4, 0.5) is 0 Å². The number of carbonyl (C=O) groups excluding carboxylic acids is 2. The first-order valence-corrected chi connectivity index (χ1v) is 4.57. The zero-order valence-corrected chi connectivity index (χ0v) is 8.28. The SMILES string of the molecule is CC(C)CC(C)N1C(=O)C=CC1=O. The Hall–Kier alpha value is -1.12. The Morgan fingerprint density at radius 1 is 1.15 bits per heavy atom. The first-order valence-electron chi connectivity index (χ1n) is 4.57. The standard InChI is InChI=1S/C10H15NO2/c1-7(2)6-8(3)11-9(12)4-5-10(11)13/h4-5,7-8H,6H2,1-3H3. The fourth-order valence-corrected chi connectivity index (χ4v) is 1.63. The Morgan fingerprint density at radius 2 is 1.62 bits per heavy atom. The molecule has 1 aliphatic heterocycles. The second-order valence-corrected chi connectivity index (χ2v) is 3.86. The van der Waals surface area contributed by atoms with E-state index in [-0.39, 0.29) is 17.9 Å². The normalized spacial score (nSPS) is 18.9. The average Bonchev–Trinajstić information content (AvgIpc) is 2.29. The summed E-state index contributed by atoms with van der Waals surface area (Å²) in [4.78, 5) is 23.8. The molecular formula is C10H15NO2. The van der Waals surface area contributed by atoms with E-state index >= 15 is 0 Å². The summed E-state index contributed by atoms with van der Waals surface area (Å²) >= 11 is 0. The summed E-state index contributed by atoms with van der Waals surface area (Å²) < 4.78 is 0. The van der Waals surface area contributed by atoms with E-state index in [2.05, 4.69) is 13.8 Å². The fraction of sp³-hybridized carbons (Fsp3) is 0.600. The lowest BCUT2D eigenvalue weighted by atomic mass is 10.0. The lowest BCUT2D eigenvalue weighted by Gasteiger charge is -2.23. The Morgan fingerprint density at radius 3 is 2.00 bits per heavy atom. The van der Waals surface area contributed by atoms with Crippen molar-refractivity contribution in [2.75, 3.05) is 0 Å². The predicted molar refractivity (Wildman–Crippen MR) is 49.9 cm³/mol. The molecule has 1 aliphatic rings. The van der Waals surface area contributed by atoms with Crippen LogP contribution in [0.1, 0.15) is 27.2 Å². The van der Waals surface area contributed by atoms with Gasteiger partial charge >= 0.3 is 0 Å². The highest BCUT2D eigenvalue weighted by Crippen LogP contribution is 2.15. The molecule has 0 saturated carbocycles. The van der Waals surface area contributed by atoms with Gasteiger partial charge in [0.1, 0.15) is 0 Å². The Balaban J connectivity index is 2.61. The minimum Gasteiger partial charge on any atom is -0.273 e. The average molecular weight is 181 g/mol. The van der Waals surface area contributed by atoms with E-state index in [4.69, 9.17) is 0 Å². The minimum atomic E-state index is -0.182. The second-order valence-electron chi connectivity index (χ2n) is 3.86. The van der Waals surface area contributed by atoms with Crippen molar-refractivity contribution >= 4 is 11.8 Å². The van der Waals surface area contributed by atoms with E-state index in [1.165, 1.54) is 17.1 Å². The Kier molecular flexibility index (Phi) is 2.86. The monoisotopic (exact) mass is 181 g/mol. The van der Waals surface area contributed by atoms with Crippen LogP contribution in [0.3, 0.4) is 0 Å². The van der Waals surface area contributed by atoms with Gasteiger partial charge in [-0.25, -0.2) is 0 Å². The van der Waals surface area contributed by atoms with E-state index in [1.54, 1.807) is 0 Å². The lowest BCUT2D eigenvalue weighted by molar-refractivity contribution is -0.139. The minimum absolute atomic E-state index is 0.00926. The molecule has 0 saturated heterocycles. The number of imide groups is 1. The van der Waals surface area contributed by atoms with Crippen molar-refractivity contribution in [2.45, 2.75) is 33.2 Å². The van der Waals surface area contributed by atoms with Gasteiger partial charge in [0.2, 0.25) is 0 Å². The molecule has 0 N–H and O–H groups in total. The van der Waals surface area contributed by atoms with E-state index in [1.807, 2.05) is 6.92 Å². The number of rotatable bonds is 3. The van der Waals surface area contributed by atoms with Crippen molar-refractivity contribution in [3.8, 4) is 0 Å². The molecule has 0 fully saturated rings. The third kappa shape index (κ3) is 2.17. The van der Waals surface area contributed by atoms with Gasteiger partial charge < -0.3 is 0 Å². The van der Waals surface area contributed by atoms with E-state index < -0.39 is 0 Å². The van der Waals surface area contributed by atoms with Gasteiger partial charge in [-0.1, -0.05) is 13.8 Å². The maximum absolute atomic E-state index is 11.2. The van der Waals surface area contributed by atoms with Crippen molar-refractivity contribution in [3.63, 3.8) is 0 Å². The largest absolute Gasteiger partial charge is 0.273 e. The quantitative estimate of drug-likeness (QED) is 0.616. The summed E-state index contributed by atoms with van der Waals surface area (Å²) in [6.07, 6.45) is 3.53. The van der Waals surface area contributed by atoms with E-state index in [0.29, 0.717) is 5.92 Å². The number of hydrogen-bond donors (Lipinski definition) is 0. The molecule has 0 bridgehead atoms. The van der Waals surface area contributed by atoms with Crippen LogP contribution >= 0.6 is 0 Å². The third-order valence-electron chi connectivity index (χ3n) is 2.10. The molecule has 0 spiro atoms. The van der Waals surface area contributed by atoms with Crippen LogP contribution in [0.5, 0.6) is 0 Å². The number of carbonyl (C=O) groups is 2. The van der Waals surface area contributed by atoms with Crippen LogP contribution in [0.2, 0.25) is 0 Å². The van der Waals surface area contributed by atoms with E-state index in [0.717, 1.165) is 6.42 Å². The van der Waals surface area contributed by atoms with Crippen LogP contribution in [0.15, 0.2) is 12.2 Å². The summed E-state index contributed by atoms with van der Waals surface area (Å²) in [5, 5.41) is 0. The number of hydrogen-bond acceptors (Lipinski definition) is 2. The summed E-state index contributed by atoms with van der Waals surface area (Å²) in [5.74, 6) is 0.132. The maximum atomic E-state index is 11.2. The van der Waals surface area contributed by atoms with E-state index in [9.17, 15) is 9.59 Å². The summed E-state index contributed by atoms with van der Waals surface area (Å²) in [5.41, 5.74) is 0. The molecule has 1 heterocycles. The van der Waals surface area contributed by atoms with Gasteiger partial charge in [-0.15, -0.1) is 0 Å². The molecule has 0 aromatic carbocycles. The second kappa shape index (κ2) is 3.73. The highest BCUT2D eigenvalue weighted by molar-refractivity contribution is 6.13. The molecule has 3 heteroatoms. The molecule has 1 atom stereocenters. The number of amides is 2. The molecule has 1 rings (SSSR count). The zero-order valence-electron chi connectivity index (χ0n) is 8.28. The first kappa shape index (κ1) is 9.96. The number of nitrogens with zero attached hydrogens (tertiary/aromatic N) is 1. The maximum Gasteiger partial charge on any atom is 0.253 e. The molecule has 0 aromatic rings. The fourth-order valence-electron chi connectivity index (χ4n) is 1.63. The molecular weight excluding hydrogens is 166 g/mol. The van der Waals surface area contributed by atoms with Crippen LogP contribution in [-0.2, 0) is 9.59 Å². The topological polar surface area (TPSA) is 37.4 Å². The van der Waals surface area contributed by atoms with Crippen molar-refractivity contribution in [1.82, 2.24) is 4.90 Å². The van der Waals surface area contributed by atoms with Crippen LogP contribution in [0, 0.1) is 5.92 Å². The highest BCUT2D eigenvalue weighted by atomic mass is 16.2. The van der Waals surface area contributed by atoms with Crippen molar-refractivity contribution in [3.05, 3.63) is 12.2 Å². The van der Waals surface area contributed by atoms with Crippen LogP contribution in [-0.4, -0.2) is 22.8 Å².